The van der Waals surface area contributed by atoms with Gasteiger partial charge < -0.3 is 9.64 Å². The molecule has 1 amide bonds. The maximum absolute atomic E-state index is 13.3. The zero-order valence-corrected chi connectivity index (χ0v) is 20.6. The molecule has 186 valence electrons. The Balaban J connectivity index is 2.18. The number of rotatable bonds is 14. The van der Waals surface area contributed by atoms with Crippen LogP contribution in [0.2, 0.25) is 0 Å². The monoisotopic (exact) mass is 472 g/mol. The second-order valence-corrected chi connectivity index (χ2v) is 8.67. The standard InChI is InChI=1S/C27H37FN2O4/c1-4-6-8-10-18-29(19-11-9-7-5-2)27(31)34-21(3)25-20-23(14-17-26(25)30(32)33)22-12-15-24(28)16-13-22/h12-17,20-21H,4-11,18-19H2,1-3H3. The molecule has 1 unspecified atom stereocenters. The maximum atomic E-state index is 13.3. The average molecular weight is 473 g/mol. The Labute approximate surface area is 202 Å². The number of hydrogen-bond donors (Lipinski definition) is 0. The molecule has 0 saturated carbocycles. The quantitative estimate of drug-likeness (QED) is 0.158. The number of ether oxygens (including phenoxy) is 1. The van der Waals surface area contributed by atoms with Crippen LogP contribution in [0.15, 0.2) is 42.5 Å². The van der Waals surface area contributed by atoms with E-state index >= 15 is 0 Å². The Kier molecular flexibility index (Phi) is 11.5. The molecule has 0 radical (unpaired) electrons. The second kappa shape index (κ2) is 14.3. The molecule has 0 N–H and O–H groups in total. The smallest absolute Gasteiger partial charge is 0.410 e. The molecule has 0 saturated heterocycles. The number of halogens is 1. The Morgan fingerprint density at radius 2 is 1.50 bits per heavy atom. The van der Waals surface area contributed by atoms with Gasteiger partial charge >= 0.3 is 6.09 Å². The molecule has 34 heavy (non-hydrogen) atoms. The Bertz CT molecular complexity index is 905. The van der Waals surface area contributed by atoms with Crippen molar-refractivity contribution in [2.24, 2.45) is 0 Å². The van der Waals surface area contributed by atoms with Gasteiger partial charge in [-0.15, -0.1) is 0 Å². The number of nitrogens with zero attached hydrogens (tertiary/aromatic N) is 2. The molecule has 0 aromatic heterocycles. The zero-order valence-electron chi connectivity index (χ0n) is 20.6. The summed E-state index contributed by atoms with van der Waals surface area (Å²) >= 11 is 0. The van der Waals surface area contributed by atoms with E-state index in [2.05, 4.69) is 13.8 Å². The summed E-state index contributed by atoms with van der Waals surface area (Å²) in [5.74, 6) is -0.355. The lowest BCUT2D eigenvalue weighted by Crippen LogP contribution is -2.34. The topological polar surface area (TPSA) is 72.7 Å². The Morgan fingerprint density at radius 1 is 0.941 bits per heavy atom. The summed E-state index contributed by atoms with van der Waals surface area (Å²) in [6.45, 7) is 7.18. The van der Waals surface area contributed by atoms with Crippen molar-refractivity contribution in [1.29, 1.82) is 0 Å². The molecule has 2 aromatic rings. The van der Waals surface area contributed by atoms with E-state index in [1.54, 1.807) is 36.1 Å². The minimum atomic E-state index is -0.804. The number of unbranched alkanes of at least 4 members (excludes halogenated alkanes) is 6. The number of carbonyl (C=O) groups is 1. The lowest BCUT2D eigenvalue weighted by molar-refractivity contribution is -0.386. The third-order valence-corrected chi connectivity index (χ3v) is 5.94. The summed E-state index contributed by atoms with van der Waals surface area (Å²) in [6, 6.07) is 10.6. The highest BCUT2D eigenvalue weighted by atomic mass is 19.1. The van der Waals surface area contributed by atoms with Crippen LogP contribution < -0.4 is 0 Å². The van der Waals surface area contributed by atoms with Crippen molar-refractivity contribution >= 4 is 11.8 Å². The van der Waals surface area contributed by atoms with Crippen LogP contribution in [0.25, 0.3) is 11.1 Å². The number of benzene rings is 2. The molecule has 2 aromatic carbocycles. The van der Waals surface area contributed by atoms with Gasteiger partial charge in [0.15, 0.2) is 0 Å². The van der Waals surface area contributed by atoms with E-state index in [-0.39, 0.29) is 11.5 Å². The maximum Gasteiger partial charge on any atom is 0.410 e. The average Bonchev–Trinajstić information content (AvgIpc) is 2.83. The summed E-state index contributed by atoms with van der Waals surface area (Å²) in [7, 11) is 0. The molecule has 0 aliphatic rings. The van der Waals surface area contributed by atoms with Gasteiger partial charge in [-0.3, -0.25) is 10.1 Å². The van der Waals surface area contributed by atoms with Crippen LogP contribution in [-0.4, -0.2) is 29.0 Å². The SMILES string of the molecule is CCCCCCN(CCCCCC)C(=O)OC(C)c1cc(-c2ccc(F)cc2)ccc1[N+](=O)[O-]. The van der Waals surface area contributed by atoms with Crippen LogP contribution in [-0.2, 0) is 4.74 Å². The second-order valence-electron chi connectivity index (χ2n) is 8.67. The van der Waals surface area contributed by atoms with Crippen molar-refractivity contribution in [3.8, 4) is 11.1 Å². The number of hydrogen-bond acceptors (Lipinski definition) is 4. The molecule has 0 spiro atoms. The van der Waals surface area contributed by atoms with Crippen molar-refractivity contribution in [3.63, 3.8) is 0 Å². The van der Waals surface area contributed by atoms with Crippen LogP contribution in [0, 0.1) is 15.9 Å². The van der Waals surface area contributed by atoms with Gasteiger partial charge in [0.1, 0.15) is 11.9 Å². The summed E-state index contributed by atoms with van der Waals surface area (Å²) < 4.78 is 19.0. The number of amides is 1. The molecule has 0 aliphatic heterocycles. The summed E-state index contributed by atoms with van der Waals surface area (Å²) in [6.07, 6.45) is 7.15. The van der Waals surface area contributed by atoms with Gasteiger partial charge in [-0.2, -0.15) is 0 Å². The summed E-state index contributed by atoms with van der Waals surface area (Å²) in [5, 5.41) is 11.6. The first-order chi connectivity index (χ1) is 16.4. The first-order valence-electron chi connectivity index (χ1n) is 12.4. The van der Waals surface area contributed by atoms with Gasteiger partial charge in [0, 0.05) is 19.2 Å². The normalized spacial score (nSPS) is 11.8. The van der Waals surface area contributed by atoms with E-state index in [9.17, 15) is 19.3 Å². The molecule has 6 nitrogen and oxygen atoms in total. The molecule has 1 atom stereocenters. The largest absolute Gasteiger partial charge is 0.441 e. The molecule has 2 rings (SSSR count). The number of carbonyl (C=O) groups excluding carboxylic acids is 1. The molecule has 7 heteroatoms. The predicted octanol–water partition coefficient (Wildman–Crippen LogP) is 8.06. The van der Waals surface area contributed by atoms with Crippen LogP contribution in [0.1, 0.15) is 83.8 Å². The van der Waals surface area contributed by atoms with Gasteiger partial charge in [-0.1, -0.05) is 64.5 Å². The van der Waals surface area contributed by atoms with Crippen LogP contribution in [0.3, 0.4) is 0 Å². The molecule has 0 heterocycles. The van der Waals surface area contributed by atoms with E-state index in [0.29, 0.717) is 24.2 Å². The van der Waals surface area contributed by atoms with Crippen molar-refractivity contribution in [2.75, 3.05) is 13.1 Å². The Hall–Kier alpha value is -2.96. The van der Waals surface area contributed by atoms with Crippen LogP contribution in [0.4, 0.5) is 14.9 Å². The molecular weight excluding hydrogens is 435 g/mol. The van der Waals surface area contributed by atoms with Crippen molar-refractivity contribution < 1.29 is 18.8 Å². The van der Waals surface area contributed by atoms with Gasteiger partial charge in [0.05, 0.1) is 10.5 Å². The molecular formula is C27H37FN2O4. The minimum absolute atomic E-state index is 0.108. The molecule has 0 fully saturated rings. The fourth-order valence-electron chi connectivity index (χ4n) is 3.91. The fraction of sp³-hybridized carbons (Fsp3) is 0.519. The third kappa shape index (κ3) is 8.43. The zero-order chi connectivity index (χ0) is 24.9. The van der Waals surface area contributed by atoms with Crippen LogP contribution >= 0.6 is 0 Å². The first kappa shape index (κ1) is 27.3. The van der Waals surface area contributed by atoms with Gasteiger partial charge in [0.2, 0.25) is 0 Å². The number of nitro benzene ring substituents is 1. The molecule has 0 bridgehead atoms. The minimum Gasteiger partial charge on any atom is -0.441 e. The van der Waals surface area contributed by atoms with Crippen molar-refractivity contribution in [3.05, 3.63) is 64.0 Å². The lowest BCUT2D eigenvalue weighted by atomic mass is 9.99. The third-order valence-electron chi connectivity index (χ3n) is 5.94. The highest BCUT2D eigenvalue weighted by Crippen LogP contribution is 2.32. The van der Waals surface area contributed by atoms with E-state index in [1.165, 1.54) is 18.2 Å². The van der Waals surface area contributed by atoms with Gasteiger partial charge in [-0.05, 0) is 55.2 Å². The fourth-order valence-corrected chi connectivity index (χ4v) is 3.91. The molecule has 0 aliphatic carbocycles. The summed E-state index contributed by atoms with van der Waals surface area (Å²) in [5.41, 5.74) is 1.63. The Morgan fingerprint density at radius 3 is 2.03 bits per heavy atom. The number of nitro groups is 1. The predicted molar refractivity (Wildman–Crippen MR) is 133 cm³/mol. The van der Waals surface area contributed by atoms with E-state index in [1.807, 2.05) is 0 Å². The van der Waals surface area contributed by atoms with E-state index in [4.69, 9.17) is 4.74 Å². The van der Waals surface area contributed by atoms with Gasteiger partial charge in [0.25, 0.3) is 5.69 Å². The van der Waals surface area contributed by atoms with Crippen molar-refractivity contribution in [1.82, 2.24) is 4.90 Å². The lowest BCUT2D eigenvalue weighted by Gasteiger charge is -2.24. The first-order valence-corrected chi connectivity index (χ1v) is 12.4. The van der Waals surface area contributed by atoms with E-state index < -0.39 is 17.1 Å². The van der Waals surface area contributed by atoms with E-state index in [0.717, 1.165) is 56.9 Å². The van der Waals surface area contributed by atoms with Crippen molar-refractivity contribution in [2.45, 2.75) is 78.2 Å². The highest BCUT2D eigenvalue weighted by Gasteiger charge is 2.25. The summed E-state index contributed by atoms with van der Waals surface area (Å²) in [4.78, 5) is 25.9. The van der Waals surface area contributed by atoms with Gasteiger partial charge in [-0.25, -0.2) is 9.18 Å². The van der Waals surface area contributed by atoms with Crippen LogP contribution in [0.5, 0.6) is 0 Å². The highest BCUT2D eigenvalue weighted by molar-refractivity contribution is 5.70.